The molecule has 0 fully saturated rings. The number of ether oxygens (including phenoxy) is 1. The molecule has 6 nitrogen and oxygen atoms in total. The highest BCUT2D eigenvalue weighted by molar-refractivity contribution is 5.70. The molecule has 0 bridgehead atoms. The third-order valence-electron chi connectivity index (χ3n) is 2.27. The van der Waals surface area contributed by atoms with E-state index in [4.69, 9.17) is 0 Å². The zero-order valence-electron chi connectivity index (χ0n) is 10.4. The molecule has 10 heteroatoms. The summed E-state index contributed by atoms with van der Waals surface area (Å²) >= 11 is 0. The van der Waals surface area contributed by atoms with Gasteiger partial charge in [-0.05, 0) is 18.2 Å². The lowest BCUT2D eigenvalue weighted by atomic mass is 10.2. The number of aromatic nitrogens is 2. The fraction of sp³-hybridized carbons (Fsp3) is 0.182. The van der Waals surface area contributed by atoms with Gasteiger partial charge in [0.25, 0.3) is 0 Å². The van der Waals surface area contributed by atoms with Gasteiger partial charge in [0.05, 0.1) is 0 Å². The first-order chi connectivity index (χ1) is 9.81. The van der Waals surface area contributed by atoms with Crippen molar-refractivity contribution in [2.24, 2.45) is 0 Å². The van der Waals surface area contributed by atoms with Gasteiger partial charge in [-0.3, -0.25) is 0 Å². The largest absolute Gasteiger partial charge is 0.471 e. The maximum Gasteiger partial charge on any atom is 0.471 e. The summed E-state index contributed by atoms with van der Waals surface area (Å²) < 4.78 is 59.2. The molecule has 0 aliphatic heterocycles. The van der Waals surface area contributed by atoms with Crippen LogP contribution in [0.1, 0.15) is 5.89 Å². The zero-order chi connectivity index (χ0) is 15.6. The molecule has 1 heterocycles. The van der Waals surface area contributed by atoms with Crippen LogP contribution in [0.4, 0.5) is 22.4 Å². The quantitative estimate of drug-likeness (QED) is 0.863. The maximum absolute atomic E-state index is 13.7. The van der Waals surface area contributed by atoms with E-state index in [1.807, 2.05) is 0 Å². The summed E-state index contributed by atoms with van der Waals surface area (Å²) in [6, 6.07) is 3.07. The molecular formula is C11H7F4N3O3. The van der Waals surface area contributed by atoms with Crippen LogP contribution in [0.25, 0.3) is 11.4 Å². The molecule has 2 rings (SSSR count). The second-order valence-corrected chi connectivity index (χ2v) is 3.71. The van der Waals surface area contributed by atoms with E-state index in [-0.39, 0.29) is 5.56 Å². The predicted molar refractivity (Wildman–Crippen MR) is 59.8 cm³/mol. The number of amides is 1. The summed E-state index contributed by atoms with van der Waals surface area (Å²) in [6.45, 7) is 0. The van der Waals surface area contributed by atoms with Crippen molar-refractivity contribution >= 4 is 6.09 Å². The normalized spacial score (nSPS) is 11.3. The Morgan fingerprint density at radius 2 is 2.10 bits per heavy atom. The van der Waals surface area contributed by atoms with Crippen LogP contribution in [-0.4, -0.2) is 23.3 Å². The molecule has 1 aromatic heterocycles. The van der Waals surface area contributed by atoms with Crippen LogP contribution in [0.3, 0.4) is 0 Å². The maximum atomic E-state index is 13.7. The summed E-state index contributed by atoms with van der Waals surface area (Å²) in [5.41, 5.74) is -0.0593. The lowest BCUT2D eigenvalue weighted by Crippen LogP contribution is -2.22. The molecule has 1 aromatic carbocycles. The molecule has 0 saturated heterocycles. The summed E-state index contributed by atoms with van der Waals surface area (Å²) in [7, 11) is 1.28. The summed E-state index contributed by atoms with van der Waals surface area (Å²) in [4.78, 5) is 14.0. The summed E-state index contributed by atoms with van der Waals surface area (Å²) in [5, 5.41) is 5.22. The van der Waals surface area contributed by atoms with Gasteiger partial charge in [0, 0.05) is 12.6 Å². The number of nitrogens with one attached hydrogen (secondary N) is 1. The van der Waals surface area contributed by atoms with Gasteiger partial charge >= 0.3 is 18.2 Å². The number of carbonyl (C=O) groups is 1. The van der Waals surface area contributed by atoms with Crippen LogP contribution >= 0.6 is 0 Å². The van der Waals surface area contributed by atoms with Crippen LogP contribution in [0.15, 0.2) is 22.7 Å². The van der Waals surface area contributed by atoms with Crippen molar-refractivity contribution in [2.75, 3.05) is 7.05 Å². The minimum Gasteiger partial charge on any atom is -0.407 e. The van der Waals surface area contributed by atoms with Gasteiger partial charge in [-0.1, -0.05) is 5.16 Å². The molecule has 1 amide bonds. The van der Waals surface area contributed by atoms with E-state index >= 15 is 0 Å². The molecule has 1 N–H and O–H groups in total. The zero-order valence-corrected chi connectivity index (χ0v) is 10.4. The van der Waals surface area contributed by atoms with Crippen molar-refractivity contribution in [1.29, 1.82) is 0 Å². The van der Waals surface area contributed by atoms with Gasteiger partial charge < -0.3 is 14.6 Å². The number of hydrogen-bond donors (Lipinski definition) is 1. The first-order valence-electron chi connectivity index (χ1n) is 5.41. The van der Waals surface area contributed by atoms with Crippen LogP contribution < -0.4 is 10.1 Å². The summed E-state index contributed by atoms with van der Waals surface area (Å²) in [5.74, 6) is -3.33. The van der Waals surface area contributed by atoms with Gasteiger partial charge in [0.2, 0.25) is 5.82 Å². The van der Waals surface area contributed by atoms with E-state index in [9.17, 15) is 22.4 Å². The molecule has 112 valence electrons. The third-order valence-corrected chi connectivity index (χ3v) is 2.27. The lowest BCUT2D eigenvalue weighted by molar-refractivity contribution is -0.159. The molecule has 21 heavy (non-hydrogen) atoms. The van der Waals surface area contributed by atoms with Gasteiger partial charge in [-0.25, -0.2) is 9.18 Å². The molecule has 2 aromatic rings. The second-order valence-electron chi connectivity index (χ2n) is 3.71. The van der Waals surface area contributed by atoms with Crippen molar-refractivity contribution in [2.45, 2.75) is 6.18 Å². The first-order valence-corrected chi connectivity index (χ1v) is 5.41. The first kappa shape index (κ1) is 14.8. The lowest BCUT2D eigenvalue weighted by Gasteiger charge is -2.05. The Morgan fingerprint density at radius 3 is 2.62 bits per heavy atom. The van der Waals surface area contributed by atoms with Gasteiger partial charge in [0.15, 0.2) is 11.6 Å². The van der Waals surface area contributed by atoms with Crippen molar-refractivity contribution in [3.8, 4) is 17.1 Å². The van der Waals surface area contributed by atoms with Crippen molar-refractivity contribution < 1.29 is 31.6 Å². The minimum atomic E-state index is -4.79. The smallest absolute Gasteiger partial charge is 0.407 e. The Labute approximate surface area is 114 Å². The number of carbonyl (C=O) groups excluding carboxylic acids is 1. The molecule has 0 aliphatic carbocycles. The number of halogens is 4. The number of hydrogen-bond acceptors (Lipinski definition) is 5. The van der Waals surface area contributed by atoms with E-state index in [0.717, 1.165) is 12.1 Å². The van der Waals surface area contributed by atoms with Crippen molar-refractivity contribution in [1.82, 2.24) is 15.5 Å². The number of nitrogens with zero attached hydrogens (tertiary/aromatic N) is 2. The molecule has 0 saturated carbocycles. The monoisotopic (exact) mass is 305 g/mol. The van der Waals surface area contributed by atoms with Gasteiger partial charge in [0.1, 0.15) is 0 Å². The Balaban J connectivity index is 2.28. The molecule has 0 aliphatic rings. The third kappa shape index (κ3) is 3.27. The van der Waals surface area contributed by atoms with Crippen LogP contribution in [-0.2, 0) is 6.18 Å². The van der Waals surface area contributed by atoms with E-state index in [1.54, 1.807) is 0 Å². The number of rotatable bonds is 2. The minimum absolute atomic E-state index is 0.0593. The Kier molecular flexibility index (Phi) is 3.78. The SMILES string of the molecule is CNC(=O)Oc1ccc(-c2noc(C(F)(F)F)n2)cc1F. The average molecular weight is 305 g/mol. The second kappa shape index (κ2) is 5.38. The molecule has 0 atom stereocenters. The Morgan fingerprint density at radius 1 is 1.38 bits per heavy atom. The number of alkyl halides is 3. The standard InChI is InChI=1S/C11H7F4N3O3/c1-16-10(19)20-7-3-2-5(4-6(7)12)8-17-9(21-18-8)11(13,14)15/h2-4H,1H3,(H,16,19). The van der Waals surface area contributed by atoms with Crippen LogP contribution in [0.5, 0.6) is 5.75 Å². The van der Waals surface area contributed by atoms with Crippen molar-refractivity contribution in [3.63, 3.8) is 0 Å². The Hall–Kier alpha value is -2.65. The van der Waals surface area contributed by atoms with E-state index in [2.05, 4.69) is 24.7 Å². The Bertz CT molecular complexity index is 669. The van der Waals surface area contributed by atoms with E-state index in [1.165, 1.54) is 13.1 Å². The number of benzene rings is 1. The van der Waals surface area contributed by atoms with Crippen LogP contribution in [0.2, 0.25) is 0 Å². The topological polar surface area (TPSA) is 77.2 Å². The fourth-order valence-corrected chi connectivity index (χ4v) is 1.33. The van der Waals surface area contributed by atoms with Gasteiger partial charge in [-0.15, -0.1) is 0 Å². The van der Waals surface area contributed by atoms with Gasteiger partial charge in [-0.2, -0.15) is 18.2 Å². The summed E-state index contributed by atoms with van der Waals surface area (Å²) in [6.07, 6.45) is -5.67. The van der Waals surface area contributed by atoms with E-state index < -0.39 is 35.6 Å². The van der Waals surface area contributed by atoms with E-state index in [0.29, 0.717) is 0 Å². The molecule has 0 spiro atoms. The molecular weight excluding hydrogens is 298 g/mol. The molecule has 0 unspecified atom stereocenters. The highest BCUT2D eigenvalue weighted by Gasteiger charge is 2.38. The van der Waals surface area contributed by atoms with Crippen molar-refractivity contribution in [3.05, 3.63) is 29.9 Å². The molecule has 0 radical (unpaired) electrons. The average Bonchev–Trinajstić information content (AvgIpc) is 2.90. The fourth-order valence-electron chi connectivity index (χ4n) is 1.33. The predicted octanol–water partition coefficient (Wildman–Crippen LogP) is 2.61. The van der Waals surface area contributed by atoms with Crippen LogP contribution in [0, 0.1) is 5.82 Å². The highest BCUT2D eigenvalue weighted by Crippen LogP contribution is 2.30. The highest BCUT2D eigenvalue weighted by atomic mass is 19.4.